The predicted molar refractivity (Wildman–Crippen MR) is 107 cm³/mol. The SMILES string of the molecule is COc1ccc(C)c(C(=O)NNC(=O)c2ccc(NN=NC(C)(C)C)cc2)c1. The maximum Gasteiger partial charge on any atom is 0.270 e. The highest BCUT2D eigenvalue weighted by Crippen LogP contribution is 2.17. The summed E-state index contributed by atoms with van der Waals surface area (Å²) >= 11 is 0. The third-order valence-corrected chi connectivity index (χ3v) is 3.66. The minimum atomic E-state index is -0.434. The Balaban J connectivity index is 1.94. The Hall–Kier alpha value is -3.42. The van der Waals surface area contributed by atoms with Gasteiger partial charge in [-0.2, -0.15) is 5.11 Å². The van der Waals surface area contributed by atoms with Crippen molar-refractivity contribution in [2.45, 2.75) is 33.2 Å². The van der Waals surface area contributed by atoms with Crippen molar-refractivity contribution in [3.05, 3.63) is 59.2 Å². The second-order valence-corrected chi connectivity index (χ2v) is 7.15. The van der Waals surface area contributed by atoms with Gasteiger partial charge < -0.3 is 4.74 Å². The fourth-order valence-electron chi connectivity index (χ4n) is 2.15. The van der Waals surface area contributed by atoms with Gasteiger partial charge in [0.05, 0.1) is 18.3 Å². The van der Waals surface area contributed by atoms with Crippen molar-refractivity contribution < 1.29 is 14.3 Å². The number of carbonyl (C=O) groups is 2. The number of anilines is 1. The number of rotatable bonds is 5. The monoisotopic (exact) mass is 383 g/mol. The number of hydrogen-bond acceptors (Lipinski definition) is 5. The number of nitrogens with one attached hydrogen (secondary N) is 3. The molecule has 2 rings (SSSR count). The molecule has 0 spiro atoms. The molecule has 0 saturated carbocycles. The number of ether oxygens (including phenoxy) is 1. The van der Waals surface area contributed by atoms with E-state index in [4.69, 9.17) is 4.74 Å². The van der Waals surface area contributed by atoms with E-state index in [-0.39, 0.29) is 5.54 Å². The zero-order chi connectivity index (χ0) is 20.7. The average Bonchev–Trinajstić information content (AvgIpc) is 2.65. The molecule has 0 bridgehead atoms. The Morgan fingerprint density at radius 1 is 0.964 bits per heavy atom. The van der Waals surface area contributed by atoms with Crippen LogP contribution in [0.15, 0.2) is 52.8 Å². The van der Waals surface area contributed by atoms with Gasteiger partial charge in [-0.1, -0.05) is 11.3 Å². The van der Waals surface area contributed by atoms with Crippen molar-refractivity contribution >= 4 is 17.5 Å². The molecule has 2 aromatic carbocycles. The van der Waals surface area contributed by atoms with E-state index < -0.39 is 11.8 Å². The van der Waals surface area contributed by atoms with Crippen LogP contribution < -0.4 is 21.0 Å². The molecule has 148 valence electrons. The van der Waals surface area contributed by atoms with Crippen LogP contribution in [0, 0.1) is 6.92 Å². The first-order chi connectivity index (χ1) is 13.2. The van der Waals surface area contributed by atoms with E-state index in [9.17, 15) is 9.59 Å². The number of benzene rings is 2. The van der Waals surface area contributed by atoms with E-state index in [2.05, 4.69) is 26.6 Å². The van der Waals surface area contributed by atoms with Gasteiger partial charge in [0.1, 0.15) is 5.75 Å². The van der Waals surface area contributed by atoms with E-state index in [1.54, 1.807) is 49.4 Å². The van der Waals surface area contributed by atoms with Crippen molar-refractivity contribution in [1.82, 2.24) is 10.9 Å². The molecular formula is C20H25N5O3. The van der Waals surface area contributed by atoms with Crippen LogP contribution in [0.2, 0.25) is 0 Å². The highest BCUT2D eigenvalue weighted by Gasteiger charge is 2.12. The molecule has 0 aliphatic heterocycles. The number of nitrogens with zero attached hydrogens (tertiary/aromatic N) is 2. The molecule has 8 nitrogen and oxygen atoms in total. The summed E-state index contributed by atoms with van der Waals surface area (Å²) < 4.78 is 5.12. The lowest BCUT2D eigenvalue weighted by Crippen LogP contribution is -2.41. The zero-order valence-corrected chi connectivity index (χ0v) is 16.7. The summed E-state index contributed by atoms with van der Waals surface area (Å²) in [6.45, 7) is 7.62. The average molecular weight is 383 g/mol. The second-order valence-electron chi connectivity index (χ2n) is 7.15. The molecule has 0 aromatic heterocycles. The minimum Gasteiger partial charge on any atom is -0.497 e. The molecule has 0 aliphatic rings. The molecule has 0 saturated heterocycles. The molecule has 0 unspecified atom stereocenters. The number of hydrogen-bond donors (Lipinski definition) is 3. The van der Waals surface area contributed by atoms with Gasteiger partial charge in [0.25, 0.3) is 11.8 Å². The smallest absolute Gasteiger partial charge is 0.270 e. The summed E-state index contributed by atoms with van der Waals surface area (Å²) in [5.41, 5.74) is 9.62. The van der Waals surface area contributed by atoms with E-state index >= 15 is 0 Å². The Labute approximate surface area is 164 Å². The van der Waals surface area contributed by atoms with Crippen molar-refractivity contribution in [3.8, 4) is 5.75 Å². The van der Waals surface area contributed by atoms with Crippen molar-refractivity contribution in [2.24, 2.45) is 10.3 Å². The summed E-state index contributed by atoms with van der Waals surface area (Å²) in [6.07, 6.45) is 0. The van der Waals surface area contributed by atoms with Crippen LogP contribution in [0.4, 0.5) is 5.69 Å². The molecule has 2 aromatic rings. The highest BCUT2D eigenvalue weighted by atomic mass is 16.5. The zero-order valence-electron chi connectivity index (χ0n) is 16.7. The largest absolute Gasteiger partial charge is 0.497 e. The van der Waals surface area contributed by atoms with E-state index in [1.807, 2.05) is 20.8 Å². The first-order valence-electron chi connectivity index (χ1n) is 8.73. The lowest BCUT2D eigenvalue weighted by Gasteiger charge is -2.11. The Morgan fingerprint density at radius 3 is 2.21 bits per heavy atom. The summed E-state index contributed by atoms with van der Waals surface area (Å²) in [6, 6.07) is 11.8. The number of amides is 2. The minimum absolute atomic E-state index is 0.272. The number of methoxy groups -OCH3 is 1. The van der Waals surface area contributed by atoms with Crippen molar-refractivity contribution in [3.63, 3.8) is 0 Å². The molecule has 8 heteroatoms. The third-order valence-electron chi connectivity index (χ3n) is 3.66. The quantitative estimate of drug-likeness (QED) is 0.541. The fraction of sp³-hybridized carbons (Fsp3) is 0.300. The van der Waals surface area contributed by atoms with Gasteiger partial charge in [0, 0.05) is 11.1 Å². The van der Waals surface area contributed by atoms with E-state index in [1.165, 1.54) is 7.11 Å². The lowest BCUT2D eigenvalue weighted by molar-refractivity contribution is 0.0846. The summed E-state index contributed by atoms with van der Waals surface area (Å²) in [7, 11) is 1.52. The fourth-order valence-corrected chi connectivity index (χ4v) is 2.15. The molecular weight excluding hydrogens is 358 g/mol. The Kier molecular flexibility index (Phi) is 6.70. The summed E-state index contributed by atoms with van der Waals surface area (Å²) in [5.74, 6) is -0.295. The predicted octanol–water partition coefficient (Wildman–Crippen LogP) is 3.66. The van der Waals surface area contributed by atoms with Crippen LogP contribution >= 0.6 is 0 Å². The molecule has 28 heavy (non-hydrogen) atoms. The number of hydrazine groups is 1. The maximum atomic E-state index is 12.3. The summed E-state index contributed by atoms with van der Waals surface area (Å²) in [5, 5.41) is 7.99. The van der Waals surface area contributed by atoms with Crippen LogP contribution in [0.1, 0.15) is 47.1 Å². The topological polar surface area (TPSA) is 104 Å². The van der Waals surface area contributed by atoms with E-state index in [0.717, 1.165) is 5.56 Å². The van der Waals surface area contributed by atoms with Crippen LogP contribution in [-0.2, 0) is 0 Å². The van der Waals surface area contributed by atoms with Gasteiger partial charge in [-0.05, 0) is 69.7 Å². The van der Waals surface area contributed by atoms with Gasteiger partial charge in [0.15, 0.2) is 0 Å². The van der Waals surface area contributed by atoms with Gasteiger partial charge in [-0.15, -0.1) is 0 Å². The molecule has 3 N–H and O–H groups in total. The van der Waals surface area contributed by atoms with Gasteiger partial charge in [-0.3, -0.25) is 25.9 Å². The molecule has 0 radical (unpaired) electrons. The molecule has 2 amide bonds. The first-order valence-corrected chi connectivity index (χ1v) is 8.73. The summed E-state index contributed by atoms with van der Waals surface area (Å²) in [4.78, 5) is 24.5. The highest BCUT2D eigenvalue weighted by molar-refractivity contribution is 6.00. The van der Waals surface area contributed by atoms with Crippen molar-refractivity contribution in [2.75, 3.05) is 12.5 Å². The maximum absolute atomic E-state index is 12.3. The van der Waals surface area contributed by atoms with Crippen LogP contribution in [-0.4, -0.2) is 24.5 Å². The first kappa shape index (κ1) is 20.9. The lowest BCUT2D eigenvalue weighted by atomic mass is 10.1. The third kappa shape index (κ3) is 6.08. The molecule has 0 atom stereocenters. The normalized spacial score (nSPS) is 11.2. The second kappa shape index (κ2) is 8.98. The van der Waals surface area contributed by atoms with Gasteiger partial charge >= 0.3 is 0 Å². The van der Waals surface area contributed by atoms with Crippen molar-refractivity contribution in [1.29, 1.82) is 0 Å². The standard InChI is InChI=1S/C20H25N5O3/c1-13-6-11-16(28-5)12-17(13)19(27)23-22-18(26)14-7-9-15(10-8-14)21-25-24-20(2,3)4/h6-12H,1-5H3,(H,21,24)(H,22,26)(H,23,27). The number of aryl methyl sites for hydroxylation is 1. The van der Waals surface area contributed by atoms with Crippen LogP contribution in [0.5, 0.6) is 5.75 Å². The molecule has 0 heterocycles. The Bertz CT molecular complexity index is 870. The number of carbonyl (C=O) groups excluding carboxylic acids is 2. The van der Waals surface area contributed by atoms with Gasteiger partial charge in [0.2, 0.25) is 0 Å². The van der Waals surface area contributed by atoms with Gasteiger partial charge in [-0.25, -0.2) is 0 Å². The molecule has 0 aliphatic carbocycles. The Morgan fingerprint density at radius 2 is 1.61 bits per heavy atom. The van der Waals surface area contributed by atoms with Crippen LogP contribution in [0.25, 0.3) is 0 Å². The molecule has 0 fully saturated rings. The van der Waals surface area contributed by atoms with E-state index in [0.29, 0.717) is 22.6 Å². The van der Waals surface area contributed by atoms with Crippen LogP contribution in [0.3, 0.4) is 0 Å².